The summed E-state index contributed by atoms with van der Waals surface area (Å²) in [6.07, 6.45) is 3.36. The molecule has 3 rings (SSSR count). The standard InChI is InChI=1S/C18H23N9O2/c1-5-19-15(28)13-7-11(12-9-21-17(22-10-12)26(3)4)8-14-23-16(25-27(13)14)24-18(29)20-6-2/h7-10H,5-6H2,1-4H3,(H,19,28)(H2,20,24,25,29). The van der Waals surface area contributed by atoms with Gasteiger partial charge in [-0.15, -0.1) is 5.10 Å². The van der Waals surface area contributed by atoms with Gasteiger partial charge in [0.1, 0.15) is 5.69 Å². The van der Waals surface area contributed by atoms with Crippen LogP contribution in [0.15, 0.2) is 24.5 Å². The molecule has 0 aliphatic heterocycles. The molecule has 0 aliphatic carbocycles. The first-order valence-electron chi connectivity index (χ1n) is 9.16. The third-order valence-corrected chi connectivity index (χ3v) is 3.94. The molecule has 0 aliphatic rings. The van der Waals surface area contributed by atoms with Crippen LogP contribution in [-0.4, -0.2) is 63.7 Å². The number of fused-ring (bicyclic) bond motifs is 1. The van der Waals surface area contributed by atoms with Crippen LogP contribution in [0.4, 0.5) is 16.7 Å². The molecule has 3 heterocycles. The zero-order valence-corrected chi connectivity index (χ0v) is 16.7. The molecule has 0 bridgehead atoms. The van der Waals surface area contributed by atoms with E-state index in [1.165, 1.54) is 4.52 Å². The predicted molar refractivity (Wildman–Crippen MR) is 109 cm³/mol. The average Bonchev–Trinajstić information content (AvgIpc) is 3.09. The van der Waals surface area contributed by atoms with Crippen molar-refractivity contribution in [3.05, 3.63) is 30.2 Å². The minimum Gasteiger partial charge on any atom is -0.351 e. The normalized spacial score (nSPS) is 10.6. The lowest BCUT2D eigenvalue weighted by molar-refractivity contribution is 0.0948. The van der Waals surface area contributed by atoms with Crippen molar-refractivity contribution in [2.45, 2.75) is 13.8 Å². The number of rotatable bonds is 6. The Kier molecular flexibility index (Phi) is 5.86. The van der Waals surface area contributed by atoms with Gasteiger partial charge in [-0.1, -0.05) is 0 Å². The summed E-state index contributed by atoms with van der Waals surface area (Å²) >= 11 is 0. The summed E-state index contributed by atoms with van der Waals surface area (Å²) in [7, 11) is 3.71. The number of pyridine rings is 1. The van der Waals surface area contributed by atoms with E-state index < -0.39 is 6.03 Å². The van der Waals surface area contributed by atoms with Crippen LogP contribution in [0.1, 0.15) is 24.3 Å². The zero-order valence-electron chi connectivity index (χ0n) is 16.7. The van der Waals surface area contributed by atoms with Crippen LogP contribution >= 0.6 is 0 Å². The number of nitrogens with one attached hydrogen (secondary N) is 3. The van der Waals surface area contributed by atoms with Crippen LogP contribution in [-0.2, 0) is 0 Å². The quantitative estimate of drug-likeness (QED) is 0.569. The van der Waals surface area contributed by atoms with Gasteiger partial charge >= 0.3 is 6.03 Å². The Morgan fingerprint density at radius 2 is 1.72 bits per heavy atom. The maximum absolute atomic E-state index is 12.6. The fraction of sp³-hybridized carbons (Fsp3) is 0.333. The number of carbonyl (C=O) groups is 2. The lowest BCUT2D eigenvalue weighted by atomic mass is 10.1. The van der Waals surface area contributed by atoms with E-state index in [-0.39, 0.29) is 17.5 Å². The molecule has 0 saturated carbocycles. The average molecular weight is 397 g/mol. The number of aromatic nitrogens is 5. The summed E-state index contributed by atoms with van der Waals surface area (Å²) in [5.41, 5.74) is 2.13. The van der Waals surface area contributed by atoms with Crippen LogP contribution in [0.25, 0.3) is 16.8 Å². The molecule has 3 amide bonds. The minimum atomic E-state index is -0.420. The number of carbonyl (C=O) groups excluding carboxylic acids is 2. The first-order chi connectivity index (χ1) is 13.9. The van der Waals surface area contributed by atoms with Crippen molar-refractivity contribution in [1.82, 2.24) is 35.2 Å². The van der Waals surface area contributed by atoms with Crippen molar-refractivity contribution in [1.29, 1.82) is 0 Å². The Bertz CT molecular complexity index is 1030. The topological polar surface area (TPSA) is 129 Å². The van der Waals surface area contributed by atoms with Gasteiger partial charge in [0.05, 0.1) is 0 Å². The molecule has 0 saturated heterocycles. The third kappa shape index (κ3) is 4.39. The largest absolute Gasteiger partial charge is 0.351 e. The Morgan fingerprint density at radius 3 is 2.34 bits per heavy atom. The van der Waals surface area contributed by atoms with Crippen molar-refractivity contribution in [3.63, 3.8) is 0 Å². The highest BCUT2D eigenvalue weighted by Crippen LogP contribution is 2.23. The lowest BCUT2D eigenvalue weighted by Crippen LogP contribution is -2.28. The molecule has 0 fully saturated rings. The van der Waals surface area contributed by atoms with E-state index in [2.05, 4.69) is 36.0 Å². The van der Waals surface area contributed by atoms with Crippen LogP contribution in [0.3, 0.4) is 0 Å². The summed E-state index contributed by atoms with van der Waals surface area (Å²) in [4.78, 5) is 39.1. The monoisotopic (exact) mass is 397 g/mol. The number of nitrogens with zero attached hydrogens (tertiary/aromatic N) is 6. The second-order valence-electron chi connectivity index (χ2n) is 6.34. The van der Waals surface area contributed by atoms with E-state index in [0.29, 0.717) is 30.2 Å². The van der Waals surface area contributed by atoms with Gasteiger partial charge in [-0.3, -0.25) is 10.1 Å². The summed E-state index contributed by atoms with van der Waals surface area (Å²) in [6.45, 7) is 4.57. The summed E-state index contributed by atoms with van der Waals surface area (Å²) in [5.74, 6) is 0.368. The zero-order chi connectivity index (χ0) is 21.0. The van der Waals surface area contributed by atoms with E-state index in [9.17, 15) is 9.59 Å². The number of hydrogen-bond acceptors (Lipinski definition) is 7. The van der Waals surface area contributed by atoms with Crippen LogP contribution in [0.5, 0.6) is 0 Å². The highest BCUT2D eigenvalue weighted by Gasteiger charge is 2.17. The molecule has 29 heavy (non-hydrogen) atoms. The minimum absolute atomic E-state index is 0.0952. The van der Waals surface area contributed by atoms with Crippen molar-refractivity contribution >= 4 is 29.5 Å². The number of amides is 3. The van der Waals surface area contributed by atoms with Crippen molar-refractivity contribution < 1.29 is 9.59 Å². The van der Waals surface area contributed by atoms with Crippen molar-refractivity contribution in [3.8, 4) is 11.1 Å². The SMILES string of the molecule is CCNC(=O)Nc1nc2cc(-c3cnc(N(C)C)nc3)cc(C(=O)NCC)n2n1. The van der Waals surface area contributed by atoms with Gasteiger partial charge < -0.3 is 15.5 Å². The van der Waals surface area contributed by atoms with Crippen molar-refractivity contribution in [2.75, 3.05) is 37.4 Å². The molecular weight excluding hydrogens is 374 g/mol. The Hall–Kier alpha value is -3.76. The summed E-state index contributed by atoms with van der Waals surface area (Å²) < 4.78 is 1.39. The summed E-state index contributed by atoms with van der Waals surface area (Å²) in [5, 5.41) is 12.2. The fourth-order valence-electron chi connectivity index (χ4n) is 2.62. The second-order valence-corrected chi connectivity index (χ2v) is 6.34. The maximum atomic E-state index is 12.6. The molecular formula is C18H23N9O2. The molecule has 11 nitrogen and oxygen atoms in total. The molecule has 3 aromatic heterocycles. The van der Waals surface area contributed by atoms with Gasteiger partial charge in [-0.25, -0.2) is 19.3 Å². The van der Waals surface area contributed by atoms with Crippen LogP contribution in [0.2, 0.25) is 0 Å². The number of anilines is 2. The first kappa shape index (κ1) is 20.0. The number of urea groups is 1. The lowest BCUT2D eigenvalue weighted by Gasteiger charge is -2.11. The first-order valence-corrected chi connectivity index (χ1v) is 9.16. The van der Waals surface area contributed by atoms with Gasteiger partial charge in [0.15, 0.2) is 5.65 Å². The van der Waals surface area contributed by atoms with E-state index in [4.69, 9.17) is 0 Å². The Morgan fingerprint density at radius 1 is 1.03 bits per heavy atom. The molecule has 0 radical (unpaired) electrons. The molecule has 0 atom stereocenters. The van der Waals surface area contributed by atoms with Gasteiger partial charge in [-0.05, 0) is 31.5 Å². The molecule has 0 unspecified atom stereocenters. The predicted octanol–water partition coefficient (Wildman–Crippen LogP) is 1.14. The molecule has 3 N–H and O–H groups in total. The van der Waals surface area contributed by atoms with Crippen LogP contribution in [0, 0.1) is 0 Å². The van der Waals surface area contributed by atoms with E-state index in [1.54, 1.807) is 36.4 Å². The third-order valence-electron chi connectivity index (χ3n) is 3.94. The molecule has 0 spiro atoms. The highest BCUT2D eigenvalue weighted by atomic mass is 16.2. The van der Waals surface area contributed by atoms with E-state index in [1.807, 2.05) is 21.0 Å². The molecule has 11 heteroatoms. The maximum Gasteiger partial charge on any atom is 0.321 e. The second kappa shape index (κ2) is 8.50. The molecule has 3 aromatic rings. The highest BCUT2D eigenvalue weighted by molar-refractivity contribution is 5.95. The fourth-order valence-corrected chi connectivity index (χ4v) is 2.62. The van der Waals surface area contributed by atoms with E-state index in [0.717, 1.165) is 5.56 Å². The van der Waals surface area contributed by atoms with E-state index >= 15 is 0 Å². The van der Waals surface area contributed by atoms with Gasteiger partial charge in [0.2, 0.25) is 5.95 Å². The Balaban J connectivity index is 2.06. The molecule has 0 aromatic carbocycles. The van der Waals surface area contributed by atoms with Crippen molar-refractivity contribution in [2.24, 2.45) is 0 Å². The number of hydrogen-bond donors (Lipinski definition) is 3. The van der Waals surface area contributed by atoms with Gasteiger partial charge in [-0.2, -0.15) is 4.98 Å². The van der Waals surface area contributed by atoms with Gasteiger partial charge in [0, 0.05) is 45.1 Å². The Labute approximate surface area is 167 Å². The molecule has 152 valence electrons. The summed E-state index contributed by atoms with van der Waals surface area (Å²) in [6, 6.07) is 3.03. The van der Waals surface area contributed by atoms with Gasteiger partial charge in [0.25, 0.3) is 11.9 Å². The van der Waals surface area contributed by atoms with Crippen LogP contribution < -0.4 is 20.9 Å². The smallest absolute Gasteiger partial charge is 0.321 e.